The molecule has 1 rings (SSSR count). The first-order chi connectivity index (χ1) is 5.95. The molecule has 1 aromatic heterocycles. The summed E-state index contributed by atoms with van der Waals surface area (Å²) in [5, 5.41) is 6.11. The van der Waals surface area contributed by atoms with Gasteiger partial charge in [0.1, 0.15) is 0 Å². The van der Waals surface area contributed by atoms with Gasteiger partial charge in [0.2, 0.25) is 0 Å². The summed E-state index contributed by atoms with van der Waals surface area (Å²) in [6.45, 7) is 0.375. The van der Waals surface area contributed by atoms with Gasteiger partial charge in [-0.1, -0.05) is 0 Å². The van der Waals surface area contributed by atoms with Crippen LogP contribution in [0.3, 0.4) is 0 Å². The summed E-state index contributed by atoms with van der Waals surface area (Å²) in [4.78, 5) is 0. The second kappa shape index (κ2) is 3.37. The van der Waals surface area contributed by atoms with Crippen LogP contribution in [0.2, 0.25) is 0 Å². The number of nitrogens with one attached hydrogen (secondary N) is 1. The van der Waals surface area contributed by atoms with E-state index >= 15 is 0 Å². The largest absolute Gasteiger partial charge is 0.435 e. The molecule has 6 heteroatoms. The lowest BCUT2D eigenvalue weighted by molar-refractivity contribution is -0.141. The molecule has 0 saturated heterocycles. The summed E-state index contributed by atoms with van der Waals surface area (Å²) in [7, 11) is 3.15. The van der Waals surface area contributed by atoms with Gasteiger partial charge in [-0.25, -0.2) is 0 Å². The van der Waals surface area contributed by atoms with Gasteiger partial charge in [0, 0.05) is 13.6 Å². The summed E-state index contributed by atoms with van der Waals surface area (Å²) in [6.07, 6.45) is -4.36. The Morgan fingerprint density at radius 3 is 2.54 bits per heavy atom. The Bertz CT molecular complexity index is 290. The van der Waals surface area contributed by atoms with E-state index in [2.05, 4.69) is 10.4 Å². The first-order valence-electron chi connectivity index (χ1n) is 3.70. The fourth-order valence-electron chi connectivity index (χ4n) is 0.991. The van der Waals surface area contributed by atoms with Crippen LogP contribution in [0.4, 0.5) is 13.2 Å². The van der Waals surface area contributed by atoms with E-state index in [1.165, 1.54) is 11.7 Å². The number of aryl methyl sites for hydroxylation is 1. The highest BCUT2D eigenvalue weighted by Crippen LogP contribution is 2.28. The molecule has 0 radical (unpaired) electrons. The van der Waals surface area contributed by atoms with Crippen LogP contribution in [0.15, 0.2) is 6.07 Å². The van der Waals surface area contributed by atoms with Gasteiger partial charge >= 0.3 is 6.18 Å². The smallest absolute Gasteiger partial charge is 0.314 e. The summed E-state index contributed by atoms with van der Waals surface area (Å²) in [6, 6.07) is 1.04. The number of rotatable bonds is 2. The number of alkyl halides is 3. The molecule has 3 nitrogen and oxygen atoms in total. The van der Waals surface area contributed by atoms with E-state index in [-0.39, 0.29) is 0 Å². The Balaban J connectivity index is 2.95. The van der Waals surface area contributed by atoms with Crippen molar-refractivity contribution >= 4 is 0 Å². The van der Waals surface area contributed by atoms with Crippen LogP contribution >= 0.6 is 0 Å². The van der Waals surface area contributed by atoms with Crippen molar-refractivity contribution in [2.45, 2.75) is 12.7 Å². The minimum absolute atomic E-state index is 0.375. The molecule has 1 aromatic rings. The molecular formula is C7H10F3N3. The summed E-state index contributed by atoms with van der Waals surface area (Å²) < 4.78 is 37.6. The van der Waals surface area contributed by atoms with E-state index in [1.54, 1.807) is 7.05 Å². The molecule has 0 saturated carbocycles. The lowest BCUT2D eigenvalue weighted by Gasteiger charge is -1.99. The predicted octanol–water partition coefficient (Wildman–Crippen LogP) is 1.16. The number of nitrogens with zero attached hydrogens (tertiary/aromatic N) is 2. The average molecular weight is 193 g/mol. The molecule has 0 bridgehead atoms. The van der Waals surface area contributed by atoms with E-state index in [1.807, 2.05) is 0 Å². The minimum Gasteiger partial charge on any atom is -0.314 e. The third-order valence-corrected chi connectivity index (χ3v) is 1.63. The lowest BCUT2D eigenvalue weighted by Crippen LogP contribution is -2.09. The average Bonchev–Trinajstić information content (AvgIpc) is 2.32. The summed E-state index contributed by atoms with van der Waals surface area (Å²) in [5.41, 5.74) is -0.338. The second-order valence-electron chi connectivity index (χ2n) is 2.67. The highest BCUT2D eigenvalue weighted by atomic mass is 19.4. The van der Waals surface area contributed by atoms with Crippen molar-refractivity contribution in [1.82, 2.24) is 15.1 Å². The summed E-state index contributed by atoms with van der Waals surface area (Å²) in [5.74, 6) is 0. The first-order valence-corrected chi connectivity index (χ1v) is 3.70. The number of hydrogen-bond donors (Lipinski definition) is 1. The highest BCUT2D eigenvalue weighted by molar-refractivity contribution is 5.12. The van der Waals surface area contributed by atoms with E-state index in [9.17, 15) is 13.2 Å². The van der Waals surface area contributed by atoms with Crippen LogP contribution in [0, 0.1) is 0 Å². The standard InChI is InChI=1S/C7H10F3N3/c1-11-4-5-3-6(7(8,9)10)12-13(5)2/h3,11H,4H2,1-2H3. The Kier molecular flexibility index (Phi) is 2.60. The zero-order valence-corrected chi connectivity index (χ0v) is 7.31. The summed E-state index contributed by atoms with van der Waals surface area (Å²) >= 11 is 0. The molecule has 0 spiro atoms. The Labute approximate surface area is 73.5 Å². The number of aromatic nitrogens is 2. The van der Waals surface area contributed by atoms with Gasteiger partial charge in [-0.05, 0) is 13.1 Å². The van der Waals surface area contributed by atoms with Crippen molar-refractivity contribution in [1.29, 1.82) is 0 Å². The van der Waals surface area contributed by atoms with Crippen LogP contribution in [0.5, 0.6) is 0 Å². The topological polar surface area (TPSA) is 29.9 Å². The fraction of sp³-hybridized carbons (Fsp3) is 0.571. The number of hydrogen-bond acceptors (Lipinski definition) is 2. The third-order valence-electron chi connectivity index (χ3n) is 1.63. The zero-order chi connectivity index (χ0) is 10.1. The van der Waals surface area contributed by atoms with Crippen molar-refractivity contribution in [3.05, 3.63) is 17.5 Å². The SMILES string of the molecule is CNCc1cc(C(F)(F)F)nn1C. The van der Waals surface area contributed by atoms with E-state index in [0.29, 0.717) is 12.2 Å². The molecule has 0 aliphatic heterocycles. The van der Waals surface area contributed by atoms with Gasteiger partial charge in [0.15, 0.2) is 5.69 Å². The van der Waals surface area contributed by atoms with E-state index < -0.39 is 11.9 Å². The van der Waals surface area contributed by atoms with Gasteiger partial charge < -0.3 is 5.32 Å². The van der Waals surface area contributed by atoms with E-state index in [4.69, 9.17) is 0 Å². The van der Waals surface area contributed by atoms with Crippen molar-refractivity contribution in [3.8, 4) is 0 Å². The van der Waals surface area contributed by atoms with Crippen molar-refractivity contribution in [3.63, 3.8) is 0 Å². The van der Waals surface area contributed by atoms with Gasteiger partial charge in [-0.3, -0.25) is 4.68 Å². The molecule has 0 unspecified atom stereocenters. The Hall–Kier alpha value is -1.04. The third kappa shape index (κ3) is 2.21. The normalized spacial score (nSPS) is 12.1. The second-order valence-corrected chi connectivity index (χ2v) is 2.67. The molecular weight excluding hydrogens is 183 g/mol. The van der Waals surface area contributed by atoms with Crippen LogP contribution in [-0.2, 0) is 19.8 Å². The molecule has 0 fully saturated rings. The molecule has 0 aliphatic carbocycles. The quantitative estimate of drug-likeness (QED) is 0.763. The molecule has 13 heavy (non-hydrogen) atoms. The van der Waals surface area contributed by atoms with Crippen LogP contribution < -0.4 is 5.32 Å². The zero-order valence-electron chi connectivity index (χ0n) is 7.31. The van der Waals surface area contributed by atoms with Gasteiger partial charge in [0.25, 0.3) is 0 Å². The monoisotopic (exact) mass is 193 g/mol. The molecule has 0 atom stereocenters. The van der Waals surface area contributed by atoms with Gasteiger partial charge in [0.05, 0.1) is 5.69 Å². The molecule has 1 heterocycles. The van der Waals surface area contributed by atoms with Gasteiger partial charge in [-0.2, -0.15) is 18.3 Å². The maximum absolute atomic E-state index is 12.1. The van der Waals surface area contributed by atoms with Gasteiger partial charge in [-0.15, -0.1) is 0 Å². The molecule has 0 amide bonds. The molecule has 74 valence electrons. The lowest BCUT2D eigenvalue weighted by atomic mass is 10.3. The molecule has 0 aliphatic rings. The number of halogens is 3. The minimum atomic E-state index is -4.36. The van der Waals surface area contributed by atoms with Crippen LogP contribution in [0.1, 0.15) is 11.4 Å². The maximum atomic E-state index is 12.1. The first kappa shape index (κ1) is 10.0. The Morgan fingerprint density at radius 2 is 2.15 bits per heavy atom. The van der Waals surface area contributed by atoms with E-state index in [0.717, 1.165) is 6.07 Å². The molecule has 0 aromatic carbocycles. The van der Waals surface area contributed by atoms with Crippen molar-refractivity contribution in [2.24, 2.45) is 7.05 Å². The maximum Gasteiger partial charge on any atom is 0.435 e. The Morgan fingerprint density at radius 1 is 1.54 bits per heavy atom. The fourth-order valence-corrected chi connectivity index (χ4v) is 0.991. The molecule has 1 N–H and O–H groups in total. The van der Waals surface area contributed by atoms with Crippen molar-refractivity contribution < 1.29 is 13.2 Å². The highest BCUT2D eigenvalue weighted by Gasteiger charge is 2.34. The van der Waals surface area contributed by atoms with Crippen molar-refractivity contribution in [2.75, 3.05) is 7.05 Å². The van der Waals surface area contributed by atoms with Crippen LogP contribution in [0.25, 0.3) is 0 Å². The van der Waals surface area contributed by atoms with Crippen LogP contribution in [-0.4, -0.2) is 16.8 Å². The predicted molar refractivity (Wildman–Crippen MR) is 41.0 cm³/mol.